The van der Waals surface area contributed by atoms with E-state index in [1.165, 1.54) is 6.07 Å². The Hall–Kier alpha value is -3.76. The van der Waals surface area contributed by atoms with E-state index in [9.17, 15) is 9.59 Å². The number of carbonyl (C=O) groups is 2. The summed E-state index contributed by atoms with van der Waals surface area (Å²) in [5, 5.41) is 19.7. The molecule has 166 valence electrons. The molecule has 0 bridgehead atoms. The molecule has 1 aliphatic carbocycles. The zero-order valence-electron chi connectivity index (χ0n) is 20.5. The lowest BCUT2D eigenvalue weighted by Crippen LogP contribution is -2.22. The van der Waals surface area contributed by atoms with Gasteiger partial charge in [-0.2, -0.15) is 4.98 Å². The molecule has 0 aromatic carbocycles. The van der Waals surface area contributed by atoms with Crippen LogP contribution in [0.15, 0.2) is 24.4 Å². The fraction of sp³-hybridized carbons (Fsp3) is 0.429. The lowest BCUT2D eigenvalue weighted by atomic mass is 10.2. The van der Waals surface area contributed by atoms with Gasteiger partial charge in [-0.05, 0) is 37.3 Å². The summed E-state index contributed by atoms with van der Waals surface area (Å²) in [6, 6.07) is 5.25. The fourth-order valence-corrected chi connectivity index (χ4v) is 3.75. The van der Waals surface area contributed by atoms with Crippen molar-refractivity contribution in [1.29, 1.82) is 0 Å². The maximum absolute atomic E-state index is 12.6. The molecule has 2 amide bonds. The molecule has 11 nitrogen and oxygen atoms in total. The van der Waals surface area contributed by atoms with Gasteiger partial charge in [-0.15, -0.1) is 15.3 Å². The monoisotopic (exact) mass is 438 g/mol. The third-order valence-electron chi connectivity index (χ3n) is 5.67. The van der Waals surface area contributed by atoms with Gasteiger partial charge in [0.2, 0.25) is 11.9 Å². The number of anilines is 4. The predicted octanol–water partition coefficient (Wildman–Crippen LogP) is 1.82. The Morgan fingerprint density at radius 3 is 2.84 bits per heavy atom. The van der Waals surface area contributed by atoms with E-state index in [4.69, 9.17) is 4.11 Å². The Bertz CT molecular complexity index is 1290. The van der Waals surface area contributed by atoms with Crippen LogP contribution >= 0.6 is 0 Å². The predicted molar refractivity (Wildman–Crippen MR) is 119 cm³/mol. The normalized spacial score (nSPS) is 19.8. The Morgan fingerprint density at radius 2 is 2.09 bits per heavy atom. The van der Waals surface area contributed by atoms with Crippen molar-refractivity contribution in [3.8, 4) is 0 Å². The largest absolute Gasteiger partial charge is 0.370 e. The van der Waals surface area contributed by atoms with Crippen molar-refractivity contribution >= 4 is 40.6 Å². The van der Waals surface area contributed by atoms with Crippen LogP contribution in [0.3, 0.4) is 0 Å². The Labute approximate surface area is 188 Å². The topological polar surface area (TPSA) is 129 Å². The number of fused-ring (bicyclic) bond motifs is 1. The summed E-state index contributed by atoms with van der Waals surface area (Å²) in [7, 11) is 0. The summed E-state index contributed by atoms with van der Waals surface area (Å²) in [6.07, 6.45) is 4.65. The second kappa shape index (κ2) is 8.06. The van der Waals surface area contributed by atoms with Crippen molar-refractivity contribution in [2.45, 2.75) is 26.2 Å². The van der Waals surface area contributed by atoms with Crippen LogP contribution < -0.4 is 20.9 Å². The van der Waals surface area contributed by atoms with Gasteiger partial charge in [0, 0.05) is 36.2 Å². The summed E-state index contributed by atoms with van der Waals surface area (Å²) < 4.78 is 23.6. The molecule has 3 aromatic rings. The first-order valence-corrected chi connectivity index (χ1v) is 10.5. The third kappa shape index (κ3) is 4.05. The first-order valence-electron chi connectivity index (χ1n) is 12.0. The lowest BCUT2D eigenvalue weighted by Gasteiger charge is -2.17. The van der Waals surface area contributed by atoms with E-state index in [1.54, 1.807) is 4.52 Å². The second-order valence-electron chi connectivity index (χ2n) is 8.30. The number of nitrogens with zero attached hydrogens (tertiary/aromatic N) is 6. The van der Waals surface area contributed by atoms with E-state index in [0.717, 1.165) is 38.0 Å². The van der Waals surface area contributed by atoms with Gasteiger partial charge < -0.3 is 20.9 Å². The maximum atomic E-state index is 12.6. The summed E-state index contributed by atoms with van der Waals surface area (Å²) in [5.41, 5.74) is 1.46. The van der Waals surface area contributed by atoms with Crippen LogP contribution in [0.25, 0.3) is 5.65 Å². The van der Waals surface area contributed by atoms with Gasteiger partial charge in [0.15, 0.2) is 17.2 Å². The average molecular weight is 439 g/mol. The number of hydrogen-bond donors (Lipinski definition) is 3. The molecular weight excluding hydrogens is 410 g/mol. The second-order valence-corrected chi connectivity index (χ2v) is 8.30. The molecule has 5 rings (SSSR count). The molecule has 0 unspecified atom stereocenters. The molecule has 11 heteroatoms. The summed E-state index contributed by atoms with van der Waals surface area (Å²) >= 11 is 0. The number of rotatable bonds is 6. The fourth-order valence-electron chi connectivity index (χ4n) is 3.75. The van der Waals surface area contributed by atoms with E-state index < -0.39 is 12.9 Å². The standard InChI is InChI=1S/C21H25N9O2/c1-12-7-8-29(10-12)14-5-6-17-25-21(28-30(17)11-14)23-15-9-16(24-19(31)13-3-4-13)26-27-18(15)20(32)22-2/h5-6,9,11-13H,3-4,7-8,10H2,1-2H3,(H,22,32)(H2,23,24,26,28,31)/t12-/m1/s1/i2D3. The Balaban J connectivity index is 1.43. The molecule has 2 fully saturated rings. The molecular formula is C21H25N9O2. The zero-order valence-corrected chi connectivity index (χ0v) is 17.5. The van der Waals surface area contributed by atoms with Gasteiger partial charge in [0.1, 0.15) is 0 Å². The van der Waals surface area contributed by atoms with Crippen LogP contribution in [0.1, 0.15) is 40.8 Å². The maximum Gasteiger partial charge on any atom is 0.273 e. The average Bonchev–Trinajstić information content (AvgIpc) is 3.43. The van der Waals surface area contributed by atoms with E-state index >= 15 is 0 Å². The van der Waals surface area contributed by atoms with Gasteiger partial charge in [-0.1, -0.05) is 6.92 Å². The number of nitrogens with one attached hydrogen (secondary N) is 3. The third-order valence-corrected chi connectivity index (χ3v) is 5.67. The van der Waals surface area contributed by atoms with E-state index in [1.807, 2.05) is 23.6 Å². The number of amides is 2. The Kier molecular flexibility index (Phi) is 4.25. The van der Waals surface area contributed by atoms with Crippen LogP contribution in [-0.4, -0.2) is 56.7 Å². The van der Waals surface area contributed by atoms with E-state index in [2.05, 4.69) is 42.7 Å². The minimum absolute atomic E-state index is 0.0559. The molecule has 32 heavy (non-hydrogen) atoms. The first-order chi connectivity index (χ1) is 16.6. The number of aromatic nitrogens is 5. The van der Waals surface area contributed by atoms with Crippen LogP contribution in [0.5, 0.6) is 0 Å². The first kappa shape index (κ1) is 16.9. The highest BCUT2D eigenvalue weighted by Crippen LogP contribution is 2.30. The highest BCUT2D eigenvalue weighted by Gasteiger charge is 2.30. The SMILES string of the molecule is [2H]C([2H])([2H])NC(=O)c1nnc(NC(=O)C2CC2)cc1Nc1nc2ccc(N3CC[C@@H](C)C3)cn2n1. The Morgan fingerprint density at radius 1 is 1.22 bits per heavy atom. The van der Waals surface area contributed by atoms with Crippen molar-refractivity contribution < 1.29 is 13.7 Å². The summed E-state index contributed by atoms with van der Waals surface area (Å²) in [6.45, 7) is 1.47. The summed E-state index contributed by atoms with van der Waals surface area (Å²) in [5.74, 6) is -0.253. The van der Waals surface area contributed by atoms with Crippen LogP contribution in [0.2, 0.25) is 0 Å². The quantitative estimate of drug-likeness (QED) is 0.531. The molecule has 1 saturated carbocycles. The molecule has 1 saturated heterocycles. The molecule has 4 heterocycles. The van der Waals surface area contributed by atoms with E-state index in [-0.39, 0.29) is 35.0 Å². The molecule has 1 aliphatic heterocycles. The molecule has 1 atom stereocenters. The molecule has 3 N–H and O–H groups in total. The molecule has 0 radical (unpaired) electrons. The van der Waals surface area contributed by atoms with Gasteiger partial charge >= 0.3 is 0 Å². The van der Waals surface area contributed by atoms with Crippen LogP contribution in [0, 0.1) is 11.8 Å². The highest BCUT2D eigenvalue weighted by atomic mass is 16.2. The minimum Gasteiger partial charge on any atom is -0.370 e. The van der Waals surface area contributed by atoms with Crippen molar-refractivity contribution in [1.82, 2.24) is 30.1 Å². The molecule has 3 aromatic heterocycles. The van der Waals surface area contributed by atoms with Gasteiger partial charge in [0.05, 0.1) is 17.6 Å². The number of pyridine rings is 1. The van der Waals surface area contributed by atoms with Crippen molar-refractivity contribution in [3.63, 3.8) is 0 Å². The van der Waals surface area contributed by atoms with E-state index in [0.29, 0.717) is 11.6 Å². The van der Waals surface area contributed by atoms with Crippen molar-refractivity contribution in [2.24, 2.45) is 11.8 Å². The van der Waals surface area contributed by atoms with Crippen LogP contribution in [-0.2, 0) is 4.79 Å². The lowest BCUT2D eigenvalue weighted by molar-refractivity contribution is -0.117. The number of hydrogen-bond acceptors (Lipinski definition) is 8. The minimum atomic E-state index is -2.71. The van der Waals surface area contributed by atoms with Gasteiger partial charge in [0.25, 0.3) is 5.91 Å². The molecule has 2 aliphatic rings. The summed E-state index contributed by atoms with van der Waals surface area (Å²) in [4.78, 5) is 31.4. The highest BCUT2D eigenvalue weighted by molar-refractivity contribution is 5.99. The smallest absolute Gasteiger partial charge is 0.273 e. The van der Waals surface area contributed by atoms with Gasteiger partial charge in [-0.25, -0.2) is 4.52 Å². The van der Waals surface area contributed by atoms with Gasteiger partial charge in [-0.3, -0.25) is 9.59 Å². The van der Waals surface area contributed by atoms with Crippen molar-refractivity contribution in [2.75, 3.05) is 35.6 Å². The number of carbonyl (C=O) groups excluding carboxylic acids is 2. The van der Waals surface area contributed by atoms with Crippen molar-refractivity contribution in [3.05, 3.63) is 30.1 Å². The van der Waals surface area contributed by atoms with Crippen LogP contribution in [0.4, 0.5) is 23.1 Å². The zero-order chi connectivity index (χ0) is 24.7. The molecule has 0 spiro atoms.